The van der Waals surface area contributed by atoms with E-state index >= 15 is 0 Å². The number of rotatable bonds is 12. The number of halogens is 1. The minimum atomic E-state index is -0.999. The van der Waals surface area contributed by atoms with Crippen LogP contribution >= 0.6 is 0 Å². The molecule has 0 amide bonds. The molecule has 0 aliphatic heterocycles. The number of carbonyl (C=O) groups is 1. The van der Waals surface area contributed by atoms with Gasteiger partial charge in [-0.15, -0.1) is 0 Å². The maximum Gasteiger partial charge on any atom is 0.335 e. The van der Waals surface area contributed by atoms with Crippen molar-refractivity contribution in [1.29, 1.82) is 5.26 Å². The summed E-state index contributed by atoms with van der Waals surface area (Å²) in [5.74, 6) is -0.837. The highest BCUT2D eigenvalue weighted by Crippen LogP contribution is 2.27. The van der Waals surface area contributed by atoms with Crippen LogP contribution in [-0.4, -0.2) is 41.0 Å². The predicted molar refractivity (Wildman–Crippen MR) is 136 cm³/mol. The summed E-state index contributed by atoms with van der Waals surface area (Å²) in [6, 6.07) is 20.4. The summed E-state index contributed by atoms with van der Waals surface area (Å²) in [4.78, 5) is 11.1. The number of nitriles is 1. The molecule has 0 spiro atoms. The zero-order valence-corrected chi connectivity index (χ0v) is 20.5. The molecule has 7 heteroatoms. The van der Waals surface area contributed by atoms with Gasteiger partial charge in [0.1, 0.15) is 30.3 Å². The molecule has 0 aliphatic rings. The molecule has 0 fully saturated rings. The van der Waals surface area contributed by atoms with E-state index in [-0.39, 0.29) is 23.5 Å². The number of aliphatic hydroxyl groups excluding tert-OH is 1. The quantitative estimate of drug-likeness (QED) is 0.323. The number of nitrogens with one attached hydrogen (secondary N) is 1. The molecule has 3 rings (SSSR count). The van der Waals surface area contributed by atoms with Crippen molar-refractivity contribution >= 4 is 5.97 Å². The minimum Gasteiger partial charge on any atom is -0.489 e. The van der Waals surface area contributed by atoms with Gasteiger partial charge in [-0.2, -0.15) is 5.26 Å². The van der Waals surface area contributed by atoms with Crippen LogP contribution in [0.5, 0.6) is 5.75 Å². The van der Waals surface area contributed by atoms with Crippen LogP contribution < -0.4 is 10.1 Å². The molecule has 36 heavy (non-hydrogen) atoms. The average molecular weight is 491 g/mol. The Kier molecular flexibility index (Phi) is 9.18. The Hall–Kier alpha value is -3.73. The number of carboxylic acids is 1. The zero-order valence-electron chi connectivity index (χ0n) is 20.5. The fourth-order valence-electron chi connectivity index (χ4n) is 3.87. The van der Waals surface area contributed by atoms with Gasteiger partial charge in [0.25, 0.3) is 0 Å². The third kappa shape index (κ3) is 7.64. The van der Waals surface area contributed by atoms with Crippen molar-refractivity contribution < 1.29 is 24.1 Å². The number of β-amino-alcohol motifs (C(OH)–C–C–N with tert-alkyl or cyclic N) is 1. The van der Waals surface area contributed by atoms with Crippen molar-refractivity contribution in [3.8, 4) is 22.9 Å². The van der Waals surface area contributed by atoms with Crippen molar-refractivity contribution in [2.24, 2.45) is 0 Å². The molecule has 1 atom stereocenters. The highest BCUT2D eigenvalue weighted by Gasteiger charge is 2.19. The van der Waals surface area contributed by atoms with Gasteiger partial charge in [0.15, 0.2) is 0 Å². The first kappa shape index (κ1) is 26.9. The van der Waals surface area contributed by atoms with Crippen molar-refractivity contribution in [1.82, 2.24) is 5.32 Å². The fraction of sp³-hybridized carbons (Fsp3) is 0.310. The lowest BCUT2D eigenvalue weighted by Crippen LogP contribution is -2.44. The van der Waals surface area contributed by atoms with E-state index < -0.39 is 12.1 Å². The average Bonchev–Trinajstić information content (AvgIpc) is 2.87. The monoisotopic (exact) mass is 490 g/mol. The van der Waals surface area contributed by atoms with Gasteiger partial charge in [0.2, 0.25) is 0 Å². The van der Waals surface area contributed by atoms with Gasteiger partial charge in [-0.25, -0.2) is 9.18 Å². The van der Waals surface area contributed by atoms with Crippen LogP contribution in [0.25, 0.3) is 11.1 Å². The summed E-state index contributed by atoms with van der Waals surface area (Å²) in [6.45, 7) is 4.36. The summed E-state index contributed by atoms with van der Waals surface area (Å²) in [5.41, 5.74) is 2.53. The first-order valence-electron chi connectivity index (χ1n) is 11.9. The number of aliphatic hydroxyl groups is 1. The van der Waals surface area contributed by atoms with Crippen LogP contribution in [0.4, 0.5) is 4.39 Å². The Labute approximate surface area is 211 Å². The Balaban J connectivity index is 1.52. The third-order valence-corrected chi connectivity index (χ3v) is 6.02. The largest absolute Gasteiger partial charge is 0.489 e. The van der Waals surface area contributed by atoms with Crippen LogP contribution in [0.3, 0.4) is 0 Å². The molecule has 188 valence electrons. The van der Waals surface area contributed by atoms with E-state index in [4.69, 9.17) is 9.84 Å². The highest BCUT2D eigenvalue weighted by atomic mass is 19.1. The number of nitrogens with zero attached hydrogens (tertiary/aromatic N) is 1. The van der Waals surface area contributed by atoms with Crippen LogP contribution in [0, 0.1) is 17.1 Å². The van der Waals surface area contributed by atoms with Crippen molar-refractivity contribution in [2.45, 2.75) is 44.8 Å². The van der Waals surface area contributed by atoms with E-state index in [2.05, 4.69) is 11.4 Å². The lowest BCUT2D eigenvalue weighted by Gasteiger charge is -2.28. The van der Waals surface area contributed by atoms with Gasteiger partial charge >= 0.3 is 5.97 Å². The van der Waals surface area contributed by atoms with E-state index in [0.717, 1.165) is 24.0 Å². The van der Waals surface area contributed by atoms with E-state index in [9.17, 15) is 19.6 Å². The van der Waals surface area contributed by atoms with Crippen molar-refractivity contribution in [2.75, 3.05) is 13.2 Å². The summed E-state index contributed by atoms with van der Waals surface area (Å²) >= 11 is 0. The first-order valence-corrected chi connectivity index (χ1v) is 11.9. The number of aryl methyl sites for hydroxylation is 1. The lowest BCUT2D eigenvalue weighted by molar-refractivity contribution is 0.0697. The number of hydrogen-bond donors (Lipinski definition) is 3. The van der Waals surface area contributed by atoms with Crippen LogP contribution in [0.2, 0.25) is 0 Å². The normalized spacial score (nSPS) is 12.1. The molecule has 6 nitrogen and oxygen atoms in total. The molecule has 0 unspecified atom stereocenters. The van der Waals surface area contributed by atoms with Crippen molar-refractivity contribution in [3.63, 3.8) is 0 Å². The Morgan fingerprint density at radius 3 is 2.47 bits per heavy atom. The Morgan fingerprint density at radius 1 is 1.11 bits per heavy atom. The van der Waals surface area contributed by atoms with Gasteiger partial charge in [-0.05, 0) is 80.1 Å². The molecule has 0 bridgehead atoms. The van der Waals surface area contributed by atoms with E-state index in [1.165, 1.54) is 18.2 Å². The molecule has 0 saturated heterocycles. The molecule has 0 heterocycles. The summed E-state index contributed by atoms with van der Waals surface area (Å²) in [7, 11) is 0. The molecule has 0 saturated carbocycles. The molecular weight excluding hydrogens is 459 g/mol. The number of ether oxygens (including phenoxy) is 1. The SMILES string of the molecule is CC(C)(CCCc1ccccc1F)NC[C@H](O)COc1cc(-c2ccc(C(=O)O)cc2)ccc1C#N. The van der Waals surface area contributed by atoms with Gasteiger partial charge in [-0.3, -0.25) is 0 Å². The van der Waals surface area contributed by atoms with Gasteiger partial charge in [-0.1, -0.05) is 36.4 Å². The highest BCUT2D eigenvalue weighted by molar-refractivity contribution is 5.88. The summed E-state index contributed by atoms with van der Waals surface area (Å²) in [6.07, 6.45) is 1.45. The van der Waals surface area contributed by atoms with E-state index in [0.29, 0.717) is 29.8 Å². The molecule has 0 radical (unpaired) electrons. The second kappa shape index (κ2) is 12.3. The molecule has 3 aromatic rings. The van der Waals surface area contributed by atoms with Crippen LogP contribution in [0.15, 0.2) is 66.7 Å². The molecule has 0 aromatic heterocycles. The Morgan fingerprint density at radius 2 is 1.81 bits per heavy atom. The topological polar surface area (TPSA) is 103 Å². The molecule has 3 N–H and O–H groups in total. The molecule has 0 aliphatic carbocycles. The summed E-state index contributed by atoms with van der Waals surface area (Å²) < 4.78 is 19.6. The standard InChI is InChI=1S/C29H31FN2O4/c1-29(2,15-5-7-21-6-3-4-8-26(21)30)32-18-25(33)19-36-27-16-23(13-14-24(27)17-31)20-9-11-22(12-10-20)28(34)35/h3-4,6,8-14,16,25,32-33H,5,7,15,18-19H2,1-2H3,(H,34,35)/t25-/m0/s1. The number of benzene rings is 3. The van der Waals surface area contributed by atoms with Crippen LogP contribution in [0.1, 0.15) is 48.2 Å². The number of hydrogen-bond acceptors (Lipinski definition) is 5. The van der Waals surface area contributed by atoms with E-state index in [1.54, 1.807) is 42.5 Å². The van der Waals surface area contributed by atoms with Gasteiger partial charge < -0.3 is 20.3 Å². The second-order valence-electron chi connectivity index (χ2n) is 9.38. The molecular formula is C29H31FN2O4. The third-order valence-electron chi connectivity index (χ3n) is 6.02. The van der Waals surface area contributed by atoms with Gasteiger partial charge in [0.05, 0.1) is 11.1 Å². The lowest BCUT2D eigenvalue weighted by atomic mass is 9.95. The van der Waals surface area contributed by atoms with Gasteiger partial charge in [0, 0.05) is 12.1 Å². The van der Waals surface area contributed by atoms with Crippen LogP contribution in [-0.2, 0) is 6.42 Å². The first-order chi connectivity index (χ1) is 17.2. The molecule has 3 aromatic carbocycles. The number of aromatic carboxylic acids is 1. The second-order valence-corrected chi connectivity index (χ2v) is 9.38. The zero-order chi connectivity index (χ0) is 26.1. The minimum absolute atomic E-state index is 0.00556. The maximum atomic E-state index is 13.8. The summed E-state index contributed by atoms with van der Waals surface area (Å²) in [5, 5.41) is 32.3. The van der Waals surface area contributed by atoms with Crippen molar-refractivity contribution in [3.05, 3.63) is 89.2 Å². The smallest absolute Gasteiger partial charge is 0.335 e. The maximum absolute atomic E-state index is 13.8. The Bertz CT molecular complexity index is 1220. The predicted octanol–water partition coefficient (Wildman–Crippen LogP) is 5.19. The van der Waals surface area contributed by atoms with E-state index in [1.807, 2.05) is 19.9 Å². The fourth-order valence-corrected chi connectivity index (χ4v) is 3.87. The number of carboxylic acid groups (broad SMARTS) is 1.